The van der Waals surface area contributed by atoms with E-state index in [-0.39, 0.29) is 18.2 Å². The van der Waals surface area contributed by atoms with Crippen LogP contribution in [0.25, 0.3) is 0 Å². The topological polar surface area (TPSA) is 12.0 Å². The minimum Gasteiger partial charge on any atom is -0.310 e. The third kappa shape index (κ3) is 3.48. The molecule has 0 aliphatic rings. The molecule has 5 heteroatoms. The molecule has 1 rings (SSSR count). The van der Waals surface area contributed by atoms with Crippen molar-refractivity contribution >= 4 is 0 Å². The van der Waals surface area contributed by atoms with Gasteiger partial charge in [-0.3, -0.25) is 0 Å². The van der Waals surface area contributed by atoms with Crippen LogP contribution in [0.3, 0.4) is 0 Å². The standard InChI is InChI=1S/C11H13F4N/c1-7(2)16-6-8-3-4-9(5-10(8)12)11(13,14)15/h3-5,7,16H,6H2,1-2H3. The van der Waals surface area contributed by atoms with E-state index in [0.717, 1.165) is 12.1 Å². The van der Waals surface area contributed by atoms with Crippen molar-refractivity contribution in [2.75, 3.05) is 0 Å². The van der Waals surface area contributed by atoms with E-state index in [9.17, 15) is 17.6 Å². The maximum Gasteiger partial charge on any atom is 0.416 e. The highest BCUT2D eigenvalue weighted by Gasteiger charge is 2.31. The number of halogens is 4. The zero-order chi connectivity index (χ0) is 12.3. The van der Waals surface area contributed by atoms with E-state index in [2.05, 4.69) is 5.32 Å². The van der Waals surface area contributed by atoms with Gasteiger partial charge in [0.1, 0.15) is 5.82 Å². The largest absolute Gasteiger partial charge is 0.416 e. The molecular formula is C11H13F4N. The number of benzene rings is 1. The molecule has 1 aromatic rings. The smallest absolute Gasteiger partial charge is 0.310 e. The molecule has 1 aromatic carbocycles. The van der Waals surface area contributed by atoms with Crippen molar-refractivity contribution in [2.45, 2.75) is 32.6 Å². The molecule has 0 unspecified atom stereocenters. The highest BCUT2D eigenvalue weighted by Crippen LogP contribution is 2.30. The summed E-state index contributed by atoms with van der Waals surface area (Å²) in [4.78, 5) is 0. The van der Waals surface area contributed by atoms with Crippen LogP contribution in [-0.2, 0) is 12.7 Å². The van der Waals surface area contributed by atoms with Gasteiger partial charge >= 0.3 is 6.18 Å². The van der Waals surface area contributed by atoms with Crippen LogP contribution in [0.1, 0.15) is 25.0 Å². The zero-order valence-corrected chi connectivity index (χ0v) is 9.03. The normalized spacial score (nSPS) is 12.2. The number of hydrogen-bond acceptors (Lipinski definition) is 1. The molecule has 0 saturated heterocycles. The fourth-order valence-corrected chi connectivity index (χ4v) is 1.18. The van der Waals surface area contributed by atoms with Crippen LogP contribution in [0.5, 0.6) is 0 Å². The second kappa shape index (κ2) is 4.82. The highest BCUT2D eigenvalue weighted by atomic mass is 19.4. The molecule has 0 bridgehead atoms. The first-order chi connectivity index (χ1) is 7.30. The Morgan fingerprint density at radius 1 is 1.25 bits per heavy atom. The minimum absolute atomic E-state index is 0.154. The molecule has 90 valence electrons. The summed E-state index contributed by atoms with van der Waals surface area (Å²) in [7, 11) is 0. The van der Waals surface area contributed by atoms with Crippen LogP contribution in [0, 0.1) is 5.82 Å². The fraction of sp³-hybridized carbons (Fsp3) is 0.455. The summed E-state index contributed by atoms with van der Waals surface area (Å²) in [5.41, 5.74) is -0.722. The lowest BCUT2D eigenvalue weighted by Crippen LogP contribution is -2.22. The molecule has 1 nitrogen and oxygen atoms in total. The van der Waals surface area contributed by atoms with E-state index < -0.39 is 17.6 Å². The lowest BCUT2D eigenvalue weighted by Gasteiger charge is -2.11. The predicted molar refractivity (Wildman–Crippen MR) is 53.4 cm³/mol. The van der Waals surface area contributed by atoms with E-state index in [4.69, 9.17) is 0 Å². The number of nitrogens with one attached hydrogen (secondary N) is 1. The number of rotatable bonds is 3. The van der Waals surface area contributed by atoms with Gasteiger partial charge in [-0.2, -0.15) is 13.2 Å². The van der Waals surface area contributed by atoms with Crippen molar-refractivity contribution < 1.29 is 17.6 Å². The maximum absolute atomic E-state index is 13.3. The maximum atomic E-state index is 13.3. The van der Waals surface area contributed by atoms with Crippen molar-refractivity contribution in [3.05, 3.63) is 35.1 Å². The Bertz CT molecular complexity index is 357. The van der Waals surface area contributed by atoms with Gasteiger partial charge in [0.25, 0.3) is 0 Å². The molecule has 0 aliphatic carbocycles. The van der Waals surface area contributed by atoms with Gasteiger partial charge in [0.2, 0.25) is 0 Å². The lowest BCUT2D eigenvalue weighted by molar-refractivity contribution is -0.137. The van der Waals surface area contributed by atoms with Gasteiger partial charge in [-0.05, 0) is 12.1 Å². The average molecular weight is 235 g/mol. The van der Waals surface area contributed by atoms with Gasteiger partial charge in [0, 0.05) is 18.2 Å². The van der Waals surface area contributed by atoms with Crippen LogP contribution in [0.4, 0.5) is 17.6 Å². The Balaban J connectivity index is 2.84. The van der Waals surface area contributed by atoms with Gasteiger partial charge < -0.3 is 5.32 Å². The van der Waals surface area contributed by atoms with Gasteiger partial charge in [-0.25, -0.2) is 4.39 Å². The SMILES string of the molecule is CC(C)NCc1ccc(C(F)(F)F)cc1F. The first-order valence-electron chi connectivity index (χ1n) is 4.89. The van der Waals surface area contributed by atoms with E-state index in [1.807, 2.05) is 13.8 Å². The Hall–Kier alpha value is -1.10. The van der Waals surface area contributed by atoms with E-state index >= 15 is 0 Å². The summed E-state index contributed by atoms with van der Waals surface area (Å²) in [5, 5.41) is 2.94. The van der Waals surface area contributed by atoms with E-state index in [1.165, 1.54) is 0 Å². The lowest BCUT2D eigenvalue weighted by atomic mass is 10.1. The molecule has 0 saturated carbocycles. The van der Waals surface area contributed by atoms with Crippen molar-refractivity contribution in [2.24, 2.45) is 0 Å². The van der Waals surface area contributed by atoms with Crippen molar-refractivity contribution in [1.29, 1.82) is 0 Å². The number of hydrogen-bond donors (Lipinski definition) is 1. The second-order valence-electron chi connectivity index (χ2n) is 3.84. The quantitative estimate of drug-likeness (QED) is 0.792. The van der Waals surface area contributed by atoms with Gasteiger partial charge in [-0.15, -0.1) is 0 Å². The molecule has 0 amide bonds. The van der Waals surface area contributed by atoms with Gasteiger partial charge in [0.05, 0.1) is 5.56 Å². The fourth-order valence-electron chi connectivity index (χ4n) is 1.18. The molecular weight excluding hydrogens is 222 g/mol. The monoisotopic (exact) mass is 235 g/mol. The molecule has 0 atom stereocenters. The molecule has 1 N–H and O–H groups in total. The van der Waals surface area contributed by atoms with Crippen LogP contribution < -0.4 is 5.32 Å². The number of alkyl halides is 3. The van der Waals surface area contributed by atoms with Crippen molar-refractivity contribution in [1.82, 2.24) is 5.32 Å². The average Bonchev–Trinajstić information content (AvgIpc) is 2.14. The van der Waals surface area contributed by atoms with Crippen LogP contribution >= 0.6 is 0 Å². The van der Waals surface area contributed by atoms with Crippen LogP contribution in [0.2, 0.25) is 0 Å². The Morgan fingerprint density at radius 3 is 2.31 bits per heavy atom. The molecule has 0 radical (unpaired) electrons. The van der Waals surface area contributed by atoms with E-state index in [1.54, 1.807) is 0 Å². The van der Waals surface area contributed by atoms with Crippen molar-refractivity contribution in [3.63, 3.8) is 0 Å². The summed E-state index contributed by atoms with van der Waals surface area (Å²) in [5.74, 6) is -0.831. The summed E-state index contributed by atoms with van der Waals surface area (Å²) in [6, 6.07) is 2.73. The Kier molecular flexibility index (Phi) is 3.91. The van der Waals surface area contributed by atoms with E-state index in [0.29, 0.717) is 6.07 Å². The summed E-state index contributed by atoms with van der Waals surface area (Å²) in [6.45, 7) is 3.98. The Morgan fingerprint density at radius 2 is 1.88 bits per heavy atom. The van der Waals surface area contributed by atoms with Crippen LogP contribution in [0.15, 0.2) is 18.2 Å². The van der Waals surface area contributed by atoms with Gasteiger partial charge in [0.15, 0.2) is 0 Å². The molecule has 0 fully saturated rings. The van der Waals surface area contributed by atoms with Crippen molar-refractivity contribution in [3.8, 4) is 0 Å². The third-order valence-electron chi connectivity index (χ3n) is 2.08. The molecule has 0 aliphatic heterocycles. The second-order valence-corrected chi connectivity index (χ2v) is 3.84. The molecule has 0 aromatic heterocycles. The Labute approximate surface area is 91.5 Å². The summed E-state index contributed by atoms with van der Waals surface area (Å²) in [6.07, 6.45) is -4.50. The van der Waals surface area contributed by atoms with Crippen LogP contribution in [-0.4, -0.2) is 6.04 Å². The van der Waals surface area contributed by atoms with Gasteiger partial charge in [-0.1, -0.05) is 19.9 Å². The first kappa shape index (κ1) is 13.0. The summed E-state index contributed by atoms with van der Waals surface area (Å²) < 4.78 is 50.0. The summed E-state index contributed by atoms with van der Waals surface area (Å²) >= 11 is 0. The molecule has 0 spiro atoms. The minimum atomic E-state index is -4.50. The molecule has 0 heterocycles. The first-order valence-corrected chi connectivity index (χ1v) is 4.89. The zero-order valence-electron chi connectivity index (χ0n) is 9.03. The molecule has 16 heavy (non-hydrogen) atoms. The highest BCUT2D eigenvalue weighted by molar-refractivity contribution is 5.26. The third-order valence-corrected chi connectivity index (χ3v) is 2.08. The predicted octanol–water partition coefficient (Wildman–Crippen LogP) is 3.34.